The summed E-state index contributed by atoms with van der Waals surface area (Å²) in [6.07, 6.45) is 10.3. The van der Waals surface area contributed by atoms with E-state index < -0.39 is 11.7 Å². The Morgan fingerprint density at radius 2 is 1.46 bits per heavy atom. The molecule has 0 fully saturated rings. The monoisotopic (exact) mass is 340 g/mol. The third kappa shape index (κ3) is 11.6. The third-order valence-corrected chi connectivity index (χ3v) is 4.20. The maximum atomic E-state index is 9.82. The first kappa shape index (κ1) is 23.1. The fourth-order valence-corrected chi connectivity index (χ4v) is 2.35. The minimum atomic E-state index is -1.04. The predicted octanol–water partition coefficient (Wildman–Crippen LogP) is 3.26. The second kappa shape index (κ2) is 12.4. The van der Waals surface area contributed by atoms with Crippen molar-refractivity contribution in [3.63, 3.8) is 0 Å². The molecule has 0 bridgehead atoms. The van der Waals surface area contributed by atoms with Gasteiger partial charge in [-0.05, 0) is 71.8 Å². The minimum absolute atomic E-state index is 0.00583. The molecular weight excluding hydrogens is 304 g/mol. The van der Waals surface area contributed by atoms with E-state index in [0.717, 1.165) is 37.7 Å². The zero-order chi connectivity index (χ0) is 18.6. The number of hydrogen-bond donors (Lipinski definition) is 4. The van der Waals surface area contributed by atoms with Crippen LogP contribution in [0.3, 0.4) is 0 Å². The van der Waals surface area contributed by atoms with Crippen LogP contribution in [-0.2, 0) is 0 Å². The Kier molecular flexibility index (Phi) is 11.9. The van der Waals surface area contributed by atoms with Crippen molar-refractivity contribution in [1.82, 2.24) is 0 Å². The van der Waals surface area contributed by atoms with Crippen LogP contribution in [0.25, 0.3) is 0 Å². The van der Waals surface area contributed by atoms with Crippen molar-refractivity contribution >= 4 is 0 Å². The van der Waals surface area contributed by atoms with Crippen molar-refractivity contribution in [3.05, 3.63) is 34.9 Å². The average Bonchev–Trinajstić information content (AvgIpc) is 2.50. The van der Waals surface area contributed by atoms with Crippen molar-refractivity contribution in [2.45, 2.75) is 77.9 Å². The molecule has 0 saturated carbocycles. The Hall–Kier alpha value is -0.940. The molecule has 0 aromatic heterocycles. The average molecular weight is 341 g/mol. The van der Waals surface area contributed by atoms with Gasteiger partial charge in [0.25, 0.3) is 0 Å². The van der Waals surface area contributed by atoms with Gasteiger partial charge in [-0.15, -0.1) is 0 Å². The van der Waals surface area contributed by atoms with E-state index in [1.807, 2.05) is 0 Å². The molecule has 1 atom stereocenters. The van der Waals surface area contributed by atoms with Crippen LogP contribution in [0.1, 0.15) is 66.2 Å². The Balaban J connectivity index is 4.10. The van der Waals surface area contributed by atoms with E-state index in [2.05, 4.69) is 26.0 Å². The molecule has 4 heteroatoms. The Labute approximate surface area is 147 Å². The van der Waals surface area contributed by atoms with Gasteiger partial charge in [0.15, 0.2) is 0 Å². The minimum Gasteiger partial charge on any atom is -0.392 e. The highest BCUT2D eigenvalue weighted by Crippen LogP contribution is 2.17. The lowest BCUT2D eigenvalue weighted by Crippen LogP contribution is -2.35. The van der Waals surface area contributed by atoms with Crippen LogP contribution < -0.4 is 0 Å². The van der Waals surface area contributed by atoms with Gasteiger partial charge < -0.3 is 20.4 Å². The smallest absolute Gasteiger partial charge is 0.0849 e. The van der Waals surface area contributed by atoms with Crippen LogP contribution in [0, 0.1) is 0 Å². The summed E-state index contributed by atoms with van der Waals surface area (Å²) in [5, 5.41) is 37.5. The zero-order valence-electron chi connectivity index (χ0n) is 15.8. The molecule has 4 nitrogen and oxygen atoms in total. The van der Waals surface area contributed by atoms with Crippen LogP contribution in [0.4, 0.5) is 0 Å². The molecule has 0 spiro atoms. The van der Waals surface area contributed by atoms with E-state index >= 15 is 0 Å². The van der Waals surface area contributed by atoms with E-state index in [1.165, 1.54) is 11.1 Å². The number of rotatable bonds is 12. The fraction of sp³-hybridized carbons (Fsp3) is 0.700. The van der Waals surface area contributed by atoms with Crippen LogP contribution in [0.15, 0.2) is 34.9 Å². The number of allylic oxidation sites excluding steroid dienone is 4. The first-order chi connectivity index (χ1) is 11.2. The molecule has 4 N–H and O–H groups in total. The first-order valence-corrected chi connectivity index (χ1v) is 8.82. The van der Waals surface area contributed by atoms with Gasteiger partial charge in [-0.25, -0.2) is 0 Å². The molecule has 0 aliphatic heterocycles. The summed E-state index contributed by atoms with van der Waals surface area (Å²) in [7, 11) is 0. The molecule has 0 amide bonds. The molecule has 0 aliphatic rings. The quantitative estimate of drug-likeness (QED) is 0.411. The standard InChI is InChI=1S/C20H36O4/c1-16(9-6-10-18(15-22)13-14-21)7-5-8-17(2)11-12-19(23)20(3,4)24/h8-9,13,19,21-24H,5-7,10-12,14-15H2,1-4H3/b16-9+,17-8+,18-13+/t19-/m0/s1. The molecule has 140 valence electrons. The Morgan fingerprint density at radius 1 is 0.917 bits per heavy atom. The summed E-state index contributed by atoms with van der Waals surface area (Å²) in [6, 6.07) is 0. The molecular formula is C20H36O4. The second-order valence-electron chi connectivity index (χ2n) is 7.09. The molecule has 0 aliphatic carbocycles. The van der Waals surface area contributed by atoms with E-state index in [1.54, 1.807) is 19.9 Å². The molecule has 0 aromatic rings. The molecule has 0 saturated heterocycles. The summed E-state index contributed by atoms with van der Waals surface area (Å²) in [4.78, 5) is 0. The summed E-state index contributed by atoms with van der Waals surface area (Å²) in [6.45, 7) is 7.40. The van der Waals surface area contributed by atoms with Gasteiger partial charge in [-0.2, -0.15) is 0 Å². The van der Waals surface area contributed by atoms with E-state index in [0.29, 0.717) is 6.42 Å². The highest BCUT2D eigenvalue weighted by molar-refractivity contribution is 5.07. The zero-order valence-corrected chi connectivity index (χ0v) is 15.8. The van der Waals surface area contributed by atoms with E-state index in [9.17, 15) is 10.2 Å². The van der Waals surface area contributed by atoms with E-state index in [4.69, 9.17) is 10.2 Å². The number of aliphatic hydroxyl groups is 4. The maximum Gasteiger partial charge on any atom is 0.0849 e. The number of hydrogen-bond acceptors (Lipinski definition) is 4. The topological polar surface area (TPSA) is 80.9 Å². The van der Waals surface area contributed by atoms with Crippen molar-refractivity contribution in [3.8, 4) is 0 Å². The highest BCUT2D eigenvalue weighted by atomic mass is 16.3. The van der Waals surface area contributed by atoms with Crippen LogP contribution in [0.2, 0.25) is 0 Å². The van der Waals surface area contributed by atoms with Crippen molar-refractivity contribution < 1.29 is 20.4 Å². The lowest BCUT2D eigenvalue weighted by atomic mass is 9.95. The molecule has 0 unspecified atom stereocenters. The lowest BCUT2D eigenvalue weighted by molar-refractivity contribution is -0.0509. The Morgan fingerprint density at radius 3 is 1.96 bits per heavy atom. The summed E-state index contributed by atoms with van der Waals surface area (Å²) in [5.41, 5.74) is 2.39. The lowest BCUT2D eigenvalue weighted by Gasteiger charge is -2.24. The first-order valence-electron chi connectivity index (χ1n) is 8.82. The summed E-state index contributed by atoms with van der Waals surface area (Å²) < 4.78 is 0. The van der Waals surface area contributed by atoms with Crippen molar-refractivity contribution in [2.75, 3.05) is 13.2 Å². The van der Waals surface area contributed by atoms with Gasteiger partial charge in [-0.3, -0.25) is 0 Å². The van der Waals surface area contributed by atoms with Crippen LogP contribution in [-0.4, -0.2) is 45.3 Å². The second-order valence-corrected chi connectivity index (χ2v) is 7.09. The van der Waals surface area contributed by atoms with E-state index in [-0.39, 0.29) is 13.2 Å². The number of aliphatic hydroxyl groups excluding tert-OH is 3. The molecule has 0 rings (SSSR count). The van der Waals surface area contributed by atoms with Crippen LogP contribution in [0.5, 0.6) is 0 Å². The van der Waals surface area contributed by atoms with Crippen LogP contribution >= 0.6 is 0 Å². The van der Waals surface area contributed by atoms with Gasteiger partial charge in [-0.1, -0.05) is 29.4 Å². The molecule has 0 aromatic carbocycles. The molecule has 0 heterocycles. The SMILES string of the molecule is C/C(=C\CC/C(=C\CO)CO)CC/C=C(\C)CC[C@H](O)C(C)(C)O. The highest BCUT2D eigenvalue weighted by Gasteiger charge is 2.23. The summed E-state index contributed by atoms with van der Waals surface area (Å²) >= 11 is 0. The van der Waals surface area contributed by atoms with Crippen molar-refractivity contribution in [1.29, 1.82) is 0 Å². The van der Waals surface area contributed by atoms with Gasteiger partial charge in [0.2, 0.25) is 0 Å². The van der Waals surface area contributed by atoms with Gasteiger partial charge in [0, 0.05) is 0 Å². The maximum absolute atomic E-state index is 9.82. The predicted molar refractivity (Wildman–Crippen MR) is 99.8 cm³/mol. The largest absolute Gasteiger partial charge is 0.392 e. The molecule has 0 radical (unpaired) electrons. The normalized spacial score (nSPS) is 15.8. The van der Waals surface area contributed by atoms with Crippen molar-refractivity contribution in [2.24, 2.45) is 0 Å². The third-order valence-electron chi connectivity index (χ3n) is 4.20. The Bertz CT molecular complexity index is 427. The van der Waals surface area contributed by atoms with Gasteiger partial charge in [0.05, 0.1) is 24.9 Å². The van der Waals surface area contributed by atoms with Gasteiger partial charge >= 0.3 is 0 Å². The fourth-order valence-electron chi connectivity index (χ4n) is 2.35. The van der Waals surface area contributed by atoms with Gasteiger partial charge in [0.1, 0.15) is 0 Å². The summed E-state index contributed by atoms with van der Waals surface area (Å²) in [5.74, 6) is 0. The molecule has 24 heavy (non-hydrogen) atoms.